The van der Waals surface area contributed by atoms with Gasteiger partial charge in [0.05, 0.1) is 15.3 Å². The summed E-state index contributed by atoms with van der Waals surface area (Å²) in [5.74, 6) is 0. The van der Waals surface area contributed by atoms with E-state index in [1.54, 1.807) is 41.7 Å². The van der Waals surface area contributed by atoms with Crippen LogP contribution < -0.4 is 0 Å². The maximum absolute atomic E-state index is 8.25. The molecule has 0 aliphatic rings. The SMILES string of the molecule is [2H]C([2H])([2H])c1c[c-]c(-c2ccc(C([2H])([2H])C(C)(C)C)cn2)cc1.[2H]C([2H])([2H])c1cnc(-c2[c-]ccc3c2oc2c3ccc3sc(C(C)(C)C)nc32)cc1C([2H])([2H])[2H].[Ir]. The van der Waals surface area contributed by atoms with Crippen LogP contribution in [0.4, 0.5) is 0 Å². The molecule has 4 nitrogen and oxygen atoms in total. The molecule has 0 spiro atoms. The van der Waals surface area contributed by atoms with E-state index in [4.69, 9.17) is 24.5 Å². The molecule has 0 N–H and O–H groups in total. The number of nitrogens with zero attached hydrogens (tertiary/aromatic N) is 3. The molecular weight excluding hydrogens is 775 g/mol. The zero-order valence-corrected chi connectivity index (χ0v) is 30.1. The largest absolute Gasteiger partial charge is 0.498 e. The molecule has 0 aliphatic carbocycles. The van der Waals surface area contributed by atoms with Gasteiger partial charge in [0, 0.05) is 58.4 Å². The number of thiazole rings is 1. The molecule has 0 atom stereocenters. The summed E-state index contributed by atoms with van der Waals surface area (Å²) in [7, 11) is 0. The summed E-state index contributed by atoms with van der Waals surface area (Å²) < 4.78 is 92.6. The summed E-state index contributed by atoms with van der Waals surface area (Å²) in [6.45, 7) is 4.55. The molecule has 6 heteroatoms. The first-order valence-electron chi connectivity index (χ1n) is 20.4. The van der Waals surface area contributed by atoms with Crippen LogP contribution in [0.25, 0.3) is 54.7 Å². The van der Waals surface area contributed by atoms with Gasteiger partial charge in [-0.15, -0.1) is 64.9 Å². The predicted molar refractivity (Wildman–Crippen MR) is 194 cm³/mol. The van der Waals surface area contributed by atoms with Crippen molar-refractivity contribution in [2.75, 3.05) is 0 Å². The second-order valence-electron chi connectivity index (χ2n) is 13.2. The molecule has 0 saturated carbocycles. The number of furan rings is 1. The number of benzene rings is 3. The maximum Gasteiger partial charge on any atom is 0.148 e. The number of aromatic nitrogens is 3. The Morgan fingerprint density at radius 2 is 1.62 bits per heavy atom. The van der Waals surface area contributed by atoms with E-state index in [9.17, 15) is 0 Å². The minimum absolute atomic E-state index is 0. The summed E-state index contributed by atoms with van der Waals surface area (Å²) >= 11 is 1.63. The molecule has 0 aliphatic heterocycles. The second kappa shape index (κ2) is 13.4. The topological polar surface area (TPSA) is 51.8 Å². The molecule has 0 amide bonds. The van der Waals surface area contributed by atoms with Crippen LogP contribution in [0.15, 0.2) is 77.5 Å². The van der Waals surface area contributed by atoms with Crippen LogP contribution >= 0.6 is 11.3 Å². The third-order valence-electron chi connectivity index (χ3n) is 7.13. The van der Waals surface area contributed by atoms with Gasteiger partial charge in [-0.25, -0.2) is 4.98 Å². The first kappa shape index (κ1) is 22.8. The van der Waals surface area contributed by atoms with Gasteiger partial charge in [0.25, 0.3) is 0 Å². The minimum Gasteiger partial charge on any atom is -0.498 e. The van der Waals surface area contributed by atoms with Crippen molar-refractivity contribution < 1.29 is 39.6 Å². The molecule has 0 saturated heterocycles. The van der Waals surface area contributed by atoms with Gasteiger partial charge in [-0.2, -0.15) is 0 Å². The number of aryl methyl sites for hydroxylation is 3. The summed E-state index contributed by atoms with van der Waals surface area (Å²) in [6, 6.07) is 23.1. The van der Waals surface area contributed by atoms with Crippen molar-refractivity contribution in [2.24, 2.45) is 5.41 Å². The zero-order chi connectivity index (χ0) is 42.1. The second-order valence-corrected chi connectivity index (χ2v) is 14.2. The molecule has 0 unspecified atom stereocenters. The molecule has 1 radical (unpaired) electrons. The molecule has 0 bridgehead atoms. The van der Waals surface area contributed by atoms with E-state index in [2.05, 4.69) is 42.9 Å². The van der Waals surface area contributed by atoms with E-state index in [0.29, 0.717) is 33.6 Å². The number of hydrogen-bond donors (Lipinski definition) is 0. The van der Waals surface area contributed by atoms with E-state index >= 15 is 0 Å². The van der Waals surface area contributed by atoms with Crippen molar-refractivity contribution in [1.29, 1.82) is 0 Å². The Labute approximate surface area is 311 Å². The van der Waals surface area contributed by atoms with Crippen LogP contribution in [0.5, 0.6) is 0 Å². The number of hydrogen-bond acceptors (Lipinski definition) is 5. The molecule has 4 heterocycles. The van der Waals surface area contributed by atoms with Crippen LogP contribution in [-0.2, 0) is 31.9 Å². The van der Waals surface area contributed by atoms with Crippen LogP contribution in [0.3, 0.4) is 0 Å². The third kappa shape index (κ3) is 7.56. The standard InChI is InChI=1S/C24H21N2OS.C17H20N.Ir/c1-13-11-18(25-12-14(13)2)17-8-6-7-15-16-9-10-19-20(22(16)27-21(15)17)26-23(28-19)24(3,4)5;1-13-5-8-15(9-6-13)16-10-7-14(12-18-16)11-17(2,3)4;/h6-7,9-12H,1-5H3;5-8,10,12H,11H2,1-4H3;/q2*-1;/i1D3,2D3;1D3,11D2;. The van der Waals surface area contributed by atoms with Crippen molar-refractivity contribution in [3.05, 3.63) is 112 Å². The van der Waals surface area contributed by atoms with Crippen LogP contribution in [0.1, 0.15) is 83.9 Å². The fraction of sp³-hybridized carbons (Fsp3) is 0.293. The molecule has 47 heavy (non-hydrogen) atoms. The third-order valence-corrected chi connectivity index (χ3v) is 8.58. The zero-order valence-electron chi connectivity index (χ0n) is 37.9. The molecule has 243 valence electrons. The monoisotopic (exact) mass is 827 g/mol. The fourth-order valence-corrected chi connectivity index (χ4v) is 5.96. The normalized spacial score (nSPS) is 16.4. The van der Waals surface area contributed by atoms with Crippen molar-refractivity contribution >= 4 is 43.5 Å². The average Bonchev–Trinajstić information content (AvgIpc) is 3.73. The summed E-state index contributed by atoms with van der Waals surface area (Å²) in [5, 5.41) is 2.72. The molecule has 7 rings (SSSR count). The Hall–Kier alpha value is -3.70. The van der Waals surface area contributed by atoms with Gasteiger partial charge in [-0.3, -0.25) is 0 Å². The molecular formula is C41H41IrN3OS-2. The summed E-state index contributed by atoms with van der Waals surface area (Å²) in [5.41, 5.74) is 3.59. The van der Waals surface area contributed by atoms with E-state index in [-0.39, 0.29) is 47.9 Å². The van der Waals surface area contributed by atoms with Gasteiger partial charge in [0.1, 0.15) is 11.1 Å². The van der Waals surface area contributed by atoms with Crippen LogP contribution in [0, 0.1) is 38.1 Å². The van der Waals surface area contributed by atoms with Crippen molar-refractivity contribution in [3.63, 3.8) is 0 Å². The summed E-state index contributed by atoms with van der Waals surface area (Å²) in [4.78, 5) is 13.5. The average molecular weight is 827 g/mol. The Balaban J connectivity index is 0.000000234. The Kier molecular flexibility index (Phi) is 6.51. The quantitative estimate of drug-likeness (QED) is 0.167. The molecule has 0 fully saturated rings. The Bertz CT molecular complexity index is 2580. The van der Waals surface area contributed by atoms with E-state index < -0.39 is 32.3 Å². The van der Waals surface area contributed by atoms with E-state index in [0.717, 1.165) is 32.2 Å². The Morgan fingerprint density at radius 3 is 2.28 bits per heavy atom. The number of rotatable bonds is 3. The van der Waals surface area contributed by atoms with Gasteiger partial charge in [-0.05, 0) is 54.1 Å². The Morgan fingerprint density at radius 1 is 0.830 bits per heavy atom. The van der Waals surface area contributed by atoms with Crippen molar-refractivity contribution in [1.82, 2.24) is 15.0 Å². The molecule has 7 aromatic rings. The van der Waals surface area contributed by atoms with Crippen molar-refractivity contribution in [2.45, 2.75) is 73.9 Å². The van der Waals surface area contributed by atoms with Crippen LogP contribution in [-0.4, -0.2) is 15.0 Å². The summed E-state index contributed by atoms with van der Waals surface area (Å²) in [6.07, 6.45) is 1.16. The fourth-order valence-electron chi connectivity index (χ4n) is 4.94. The smallest absolute Gasteiger partial charge is 0.148 e. The van der Waals surface area contributed by atoms with Gasteiger partial charge in [0.2, 0.25) is 0 Å². The van der Waals surface area contributed by atoms with Gasteiger partial charge in [-0.1, -0.05) is 89.2 Å². The van der Waals surface area contributed by atoms with Gasteiger partial charge >= 0.3 is 0 Å². The molecule has 3 aromatic carbocycles. The first-order chi connectivity index (χ1) is 26.2. The van der Waals surface area contributed by atoms with Gasteiger partial charge < -0.3 is 14.4 Å². The minimum atomic E-state index is -2.61. The van der Waals surface area contributed by atoms with E-state index in [1.807, 2.05) is 39.0 Å². The first-order valence-corrected chi connectivity index (χ1v) is 15.7. The molecule has 4 aromatic heterocycles. The number of pyridine rings is 2. The van der Waals surface area contributed by atoms with E-state index in [1.165, 1.54) is 18.3 Å². The van der Waals surface area contributed by atoms with Crippen molar-refractivity contribution in [3.8, 4) is 22.5 Å². The van der Waals surface area contributed by atoms with Crippen LogP contribution in [0.2, 0.25) is 0 Å². The number of fused-ring (bicyclic) bond motifs is 5. The van der Waals surface area contributed by atoms with Gasteiger partial charge in [0.15, 0.2) is 0 Å². The predicted octanol–water partition coefficient (Wildman–Crippen LogP) is 11.4. The maximum atomic E-state index is 8.25.